The molecule has 246 valence electrons. The molecule has 2 aromatic carbocycles. The molecule has 5 aliphatic heterocycles. The highest BCUT2D eigenvalue weighted by Crippen LogP contribution is 2.58. The van der Waals surface area contributed by atoms with E-state index in [1.54, 1.807) is 7.11 Å². The third-order valence-electron chi connectivity index (χ3n) is 10.8. The first kappa shape index (κ1) is 31.2. The zero-order valence-corrected chi connectivity index (χ0v) is 27.5. The summed E-state index contributed by atoms with van der Waals surface area (Å²) in [5, 5.41) is 25.8. The molecule has 5 aliphatic rings. The molecule has 6 atom stereocenters. The van der Waals surface area contributed by atoms with Crippen LogP contribution in [0.4, 0.5) is 0 Å². The number of likely N-dealkylation sites (N-methyl/N-ethyl adjacent to an activating group) is 1. The minimum Gasteiger partial charge on any atom is -0.504 e. The van der Waals surface area contributed by atoms with Gasteiger partial charge in [0.05, 0.1) is 37.8 Å². The predicted octanol–water partition coefficient (Wildman–Crippen LogP) is 2.91. The van der Waals surface area contributed by atoms with Crippen LogP contribution in [0.5, 0.6) is 28.7 Å². The number of amides is 1. The lowest BCUT2D eigenvalue weighted by atomic mass is 9.71. The van der Waals surface area contributed by atoms with Crippen molar-refractivity contribution in [2.24, 2.45) is 0 Å². The van der Waals surface area contributed by atoms with Gasteiger partial charge in [0.25, 0.3) is 0 Å². The molecule has 6 bridgehead atoms. The smallest absolute Gasteiger partial charge is 0.237 e. The van der Waals surface area contributed by atoms with E-state index < -0.39 is 18.1 Å². The summed E-state index contributed by atoms with van der Waals surface area (Å²) in [6, 6.07) is 2.61. The van der Waals surface area contributed by atoms with Crippen LogP contribution in [0.3, 0.4) is 0 Å². The van der Waals surface area contributed by atoms with Crippen LogP contribution in [-0.4, -0.2) is 97.1 Å². The molecule has 11 nitrogen and oxygen atoms in total. The minimum atomic E-state index is -0.519. The number of rotatable bonds is 2. The van der Waals surface area contributed by atoms with Gasteiger partial charge >= 0.3 is 0 Å². The lowest BCUT2D eigenvalue weighted by molar-refractivity contribution is -0.126. The van der Waals surface area contributed by atoms with Crippen LogP contribution < -0.4 is 24.3 Å². The SMILES string of the molecule is C#CCN1C/C=C/COc2c(C)c3c(c4c2C[C@H]2[C@H]5c6c(cc(C)c(OC)c6O)C[C@@H]([C@H](C#N)N2C4CNC(=O)[C@@H]1C)N5C)OCO3. The van der Waals surface area contributed by atoms with Crippen molar-refractivity contribution in [3.05, 3.63) is 51.6 Å². The van der Waals surface area contributed by atoms with Crippen LogP contribution in [0.1, 0.15) is 52.4 Å². The summed E-state index contributed by atoms with van der Waals surface area (Å²) in [4.78, 5) is 20.2. The molecular formula is C36H41N5O6. The van der Waals surface area contributed by atoms with Crippen LogP contribution in [0.15, 0.2) is 18.2 Å². The number of aryl methyl sites for hydroxylation is 1. The Balaban J connectivity index is 1.44. The third kappa shape index (κ3) is 4.71. The second kappa shape index (κ2) is 12.0. The molecule has 7 rings (SSSR count). The summed E-state index contributed by atoms with van der Waals surface area (Å²) >= 11 is 0. The number of fused-ring (bicyclic) bond motifs is 8. The Bertz CT molecular complexity index is 1740. The highest BCUT2D eigenvalue weighted by Gasteiger charge is 2.56. The van der Waals surface area contributed by atoms with Gasteiger partial charge in [0.2, 0.25) is 12.7 Å². The number of phenols is 1. The predicted molar refractivity (Wildman–Crippen MR) is 174 cm³/mol. The zero-order chi connectivity index (χ0) is 33.1. The largest absolute Gasteiger partial charge is 0.504 e. The number of nitriles is 1. The fourth-order valence-electron chi connectivity index (χ4n) is 8.62. The van der Waals surface area contributed by atoms with Gasteiger partial charge < -0.3 is 29.4 Å². The molecule has 1 amide bonds. The van der Waals surface area contributed by atoms with Crippen LogP contribution in [0, 0.1) is 37.5 Å². The minimum absolute atomic E-state index is 0.0720. The second-order valence-electron chi connectivity index (χ2n) is 13.1. The average Bonchev–Trinajstić information content (AvgIpc) is 3.54. The van der Waals surface area contributed by atoms with Crippen molar-refractivity contribution in [2.75, 3.05) is 47.2 Å². The molecule has 1 saturated heterocycles. The number of carbonyl (C=O) groups is 1. The number of hydrogen-bond acceptors (Lipinski definition) is 10. The van der Waals surface area contributed by atoms with Gasteiger partial charge in [-0.2, -0.15) is 5.26 Å². The average molecular weight is 640 g/mol. The first-order valence-corrected chi connectivity index (χ1v) is 16.2. The monoisotopic (exact) mass is 639 g/mol. The maximum absolute atomic E-state index is 13.8. The maximum Gasteiger partial charge on any atom is 0.237 e. The summed E-state index contributed by atoms with van der Waals surface area (Å²) in [5.74, 6) is 5.09. The first-order valence-electron chi connectivity index (χ1n) is 16.2. The third-order valence-corrected chi connectivity index (χ3v) is 10.8. The van der Waals surface area contributed by atoms with E-state index in [0.29, 0.717) is 49.8 Å². The summed E-state index contributed by atoms with van der Waals surface area (Å²) in [6.07, 6.45) is 10.7. The zero-order valence-electron chi connectivity index (χ0n) is 27.5. The number of nitrogens with zero attached hydrogens (tertiary/aromatic N) is 4. The second-order valence-corrected chi connectivity index (χ2v) is 13.1. The van der Waals surface area contributed by atoms with Crippen molar-refractivity contribution in [2.45, 2.75) is 69.9 Å². The normalized spacial score (nSPS) is 29.2. The summed E-state index contributed by atoms with van der Waals surface area (Å²) in [6.45, 7) is 7.18. The van der Waals surface area contributed by atoms with E-state index >= 15 is 0 Å². The van der Waals surface area contributed by atoms with Gasteiger partial charge in [0.1, 0.15) is 18.4 Å². The Morgan fingerprint density at radius 3 is 2.66 bits per heavy atom. The Morgan fingerprint density at radius 1 is 1.13 bits per heavy atom. The molecule has 0 radical (unpaired) electrons. The summed E-state index contributed by atoms with van der Waals surface area (Å²) in [7, 11) is 3.61. The molecule has 1 fully saturated rings. The van der Waals surface area contributed by atoms with Gasteiger partial charge in [-0.25, -0.2) is 0 Å². The molecule has 5 heterocycles. The number of methoxy groups -OCH3 is 1. The topological polar surface area (TPSA) is 120 Å². The first-order chi connectivity index (χ1) is 22.7. The standard InChI is InChI=1S/C36H41N5O6/c1-7-10-40-11-8-9-12-45-33-20(3)34-35(47-18-46-34)29-23(33)15-25-30-28-22(13-19(2)32(44-6)31(28)42)14-24(39(30)5)26(16-37)41(25)27(29)17-38-36(43)21(40)4/h1,8-9,13,21,24-27,30,42H,10-12,14-15,17-18H2,2-6H3,(H,38,43)/b9-8+/t21-,24-,25-,26-,27?,30-/m0/s1. The Kier molecular flexibility index (Phi) is 7.96. The van der Waals surface area contributed by atoms with Crippen LogP contribution >= 0.6 is 0 Å². The molecule has 2 N–H and O–H groups in total. The van der Waals surface area contributed by atoms with Crippen molar-refractivity contribution in [3.8, 4) is 47.2 Å². The number of nitrogens with one attached hydrogen (secondary N) is 1. The highest BCUT2D eigenvalue weighted by molar-refractivity contribution is 5.81. The Morgan fingerprint density at radius 2 is 1.91 bits per heavy atom. The van der Waals surface area contributed by atoms with E-state index in [-0.39, 0.29) is 43.1 Å². The molecule has 0 spiro atoms. The molecule has 0 aliphatic carbocycles. The van der Waals surface area contributed by atoms with E-state index in [1.165, 1.54) is 0 Å². The number of terminal acetylenes is 1. The van der Waals surface area contributed by atoms with Crippen molar-refractivity contribution in [1.82, 2.24) is 20.0 Å². The summed E-state index contributed by atoms with van der Waals surface area (Å²) < 4.78 is 24.4. The highest BCUT2D eigenvalue weighted by atomic mass is 16.7. The number of hydrogen-bond donors (Lipinski definition) is 2. The van der Waals surface area contributed by atoms with E-state index in [1.807, 2.05) is 44.9 Å². The van der Waals surface area contributed by atoms with Crippen LogP contribution in [-0.2, 0) is 17.6 Å². The molecular weight excluding hydrogens is 598 g/mol. The van der Waals surface area contributed by atoms with Crippen molar-refractivity contribution in [3.63, 3.8) is 0 Å². The van der Waals surface area contributed by atoms with Gasteiger partial charge in [-0.1, -0.05) is 24.1 Å². The van der Waals surface area contributed by atoms with Gasteiger partial charge in [-0.3, -0.25) is 19.5 Å². The number of benzene rings is 2. The molecule has 47 heavy (non-hydrogen) atoms. The van der Waals surface area contributed by atoms with Crippen LogP contribution in [0.25, 0.3) is 0 Å². The number of aromatic hydroxyl groups is 1. The molecule has 0 aromatic heterocycles. The fourth-order valence-corrected chi connectivity index (χ4v) is 8.62. The van der Waals surface area contributed by atoms with Crippen molar-refractivity contribution in [1.29, 1.82) is 5.26 Å². The summed E-state index contributed by atoms with van der Waals surface area (Å²) in [5.41, 5.74) is 5.38. The molecule has 2 aromatic rings. The lowest BCUT2D eigenvalue weighted by Gasteiger charge is -2.60. The van der Waals surface area contributed by atoms with Crippen molar-refractivity contribution >= 4 is 5.91 Å². The fraction of sp³-hybridized carbons (Fsp3) is 0.500. The van der Waals surface area contributed by atoms with Gasteiger partial charge in [0, 0.05) is 47.4 Å². The van der Waals surface area contributed by atoms with E-state index in [4.69, 9.17) is 25.4 Å². The van der Waals surface area contributed by atoms with E-state index in [9.17, 15) is 15.2 Å². The molecule has 11 heteroatoms. The quantitative estimate of drug-likeness (QED) is 0.375. The number of phenolic OH excluding ortho intramolecular Hbond substituents is 1. The van der Waals surface area contributed by atoms with Crippen molar-refractivity contribution < 1.29 is 28.8 Å². The Labute approximate surface area is 275 Å². The maximum atomic E-state index is 13.8. The molecule has 0 saturated carbocycles. The van der Waals surface area contributed by atoms with E-state index in [0.717, 1.165) is 39.1 Å². The van der Waals surface area contributed by atoms with Gasteiger partial charge in [0.15, 0.2) is 23.0 Å². The number of ether oxygens (including phenoxy) is 4. The van der Waals surface area contributed by atoms with Crippen LogP contribution in [0.2, 0.25) is 0 Å². The number of carbonyl (C=O) groups excluding carboxylic acids is 1. The molecule has 1 unspecified atom stereocenters. The van der Waals surface area contributed by atoms with Gasteiger partial charge in [-0.05, 0) is 51.8 Å². The van der Waals surface area contributed by atoms with Gasteiger partial charge in [-0.15, -0.1) is 6.42 Å². The Hall–Kier alpha value is -4.42. The lowest BCUT2D eigenvalue weighted by Crippen LogP contribution is -2.69. The van der Waals surface area contributed by atoms with E-state index in [2.05, 4.69) is 33.2 Å². The number of piperazine rings is 1.